The van der Waals surface area contributed by atoms with Crippen LogP contribution < -0.4 is 4.74 Å². The molecule has 2 aromatic rings. The lowest BCUT2D eigenvalue weighted by molar-refractivity contribution is 0.0733. The average Bonchev–Trinajstić information content (AvgIpc) is 2.83. The summed E-state index contributed by atoms with van der Waals surface area (Å²) in [6, 6.07) is 9.40. The van der Waals surface area contributed by atoms with Gasteiger partial charge in [0.2, 0.25) is 0 Å². The monoisotopic (exact) mass is 464 g/mol. The Morgan fingerprint density at radius 3 is 2.38 bits per heavy atom. The number of carbonyl (C=O) groups is 1. The first-order valence-corrected chi connectivity index (χ1v) is 12.5. The zero-order chi connectivity index (χ0) is 24.1. The van der Waals surface area contributed by atoms with Crippen molar-refractivity contribution in [1.82, 2.24) is 0 Å². The quantitative estimate of drug-likeness (QED) is 0.235. The van der Waals surface area contributed by atoms with Crippen LogP contribution in [0.2, 0.25) is 0 Å². The molecule has 0 bridgehead atoms. The SMILES string of the molecule is C=CCCc1ccc(OC(=O)c2cc(F)c(C3CCC4CC(/C=C/C)CCC4C3)c(F)c2)cc1. The number of hydrogen-bond acceptors (Lipinski definition) is 2. The number of ether oxygens (including phenoxy) is 1. The zero-order valence-corrected chi connectivity index (χ0v) is 19.9. The standard InChI is InChI=1S/C30H34F2O2/c1-3-5-7-20-9-14-26(15-10-20)34-30(33)25-18-27(31)29(28(32)19-25)24-13-12-22-16-21(6-4-2)8-11-23(22)17-24/h3-4,6,9-10,14-15,18-19,21-24H,1,5,7-8,11-13,16-17H2,2H3/b6-4+. The molecule has 2 aromatic carbocycles. The predicted octanol–water partition coefficient (Wildman–Crippen LogP) is 8.18. The summed E-state index contributed by atoms with van der Waals surface area (Å²) in [6.07, 6.45) is 14.1. The number of esters is 1. The van der Waals surface area contributed by atoms with Crippen molar-refractivity contribution in [2.24, 2.45) is 17.8 Å². The van der Waals surface area contributed by atoms with E-state index in [2.05, 4.69) is 25.7 Å². The van der Waals surface area contributed by atoms with Crippen LogP contribution >= 0.6 is 0 Å². The van der Waals surface area contributed by atoms with Gasteiger partial charge in [0.25, 0.3) is 0 Å². The van der Waals surface area contributed by atoms with Crippen LogP contribution in [0.3, 0.4) is 0 Å². The van der Waals surface area contributed by atoms with Gasteiger partial charge in [-0.3, -0.25) is 0 Å². The molecule has 2 saturated carbocycles. The Balaban J connectivity index is 1.42. The van der Waals surface area contributed by atoms with Crippen molar-refractivity contribution < 1.29 is 18.3 Å². The first kappa shape index (κ1) is 24.4. The Morgan fingerprint density at radius 1 is 1.03 bits per heavy atom. The smallest absolute Gasteiger partial charge is 0.343 e. The molecule has 2 fully saturated rings. The van der Waals surface area contributed by atoms with Crippen LogP contribution in [0.25, 0.3) is 0 Å². The van der Waals surface area contributed by atoms with Gasteiger partial charge in [-0.25, -0.2) is 13.6 Å². The number of benzene rings is 2. The Morgan fingerprint density at radius 2 is 1.71 bits per heavy atom. The number of hydrogen-bond donors (Lipinski definition) is 0. The summed E-state index contributed by atoms with van der Waals surface area (Å²) in [5.41, 5.74) is 1.14. The van der Waals surface area contributed by atoms with Crippen molar-refractivity contribution >= 4 is 5.97 Å². The topological polar surface area (TPSA) is 26.3 Å². The fraction of sp³-hybridized carbons (Fsp3) is 0.433. The molecular weight excluding hydrogens is 430 g/mol. The number of rotatable bonds is 7. The van der Waals surface area contributed by atoms with Gasteiger partial charge in [-0.2, -0.15) is 0 Å². The van der Waals surface area contributed by atoms with E-state index >= 15 is 8.78 Å². The molecule has 2 aliphatic rings. The lowest BCUT2D eigenvalue weighted by Crippen LogP contribution is -2.30. The van der Waals surface area contributed by atoms with Crippen LogP contribution in [-0.2, 0) is 6.42 Å². The van der Waals surface area contributed by atoms with E-state index in [0.29, 0.717) is 23.5 Å². The van der Waals surface area contributed by atoms with Gasteiger partial charge < -0.3 is 4.74 Å². The normalized spacial score (nSPS) is 24.6. The Bertz CT molecular complexity index is 1020. The summed E-state index contributed by atoms with van der Waals surface area (Å²) in [7, 11) is 0. The molecule has 180 valence electrons. The van der Waals surface area contributed by atoms with E-state index in [1.165, 1.54) is 6.42 Å². The second-order valence-corrected chi connectivity index (χ2v) is 9.84. The molecule has 2 nitrogen and oxygen atoms in total. The molecular formula is C30H34F2O2. The molecule has 2 aliphatic carbocycles. The van der Waals surface area contributed by atoms with Crippen LogP contribution in [0.4, 0.5) is 8.78 Å². The fourth-order valence-electron chi connectivity index (χ4n) is 5.89. The summed E-state index contributed by atoms with van der Waals surface area (Å²) in [6.45, 7) is 5.77. The second kappa shape index (κ2) is 11.1. The Labute approximate surface area is 201 Å². The molecule has 0 heterocycles. The average molecular weight is 465 g/mol. The third kappa shape index (κ3) is 5.65. The van der Waals surface area contributed by atoms with Gasteiger partial charge in [0.1, 0.15) is 17.4 Å². The number of aryl methyl sites for hydroxylation is 1. The maximum absolute atomic E-state index is 15.1. The fourth-order valence-corrected chi connectivity index (χ4v) is 5.89. The highest BCUT2D eigenvalue weighted by Gasteiger charge is 2.37. The summed E-state index contributed by atoms with van der Waals surface area (Å²) < 4.78 is 35.5. The van der Waals surface area contributed by atoms with Gasteiger partial charge in [-0.1, -0.05) is 30.4 Å². The molecule has 0 spiro atoms. The van der Waals surface area contributed by atoms with Crippen molar-refractivity contribution in [2.75, 3.05) is 0 Å². The van der Waals surface area contributed by atoms with Gasteiger partial charge in [0.05, 0.1) is 5.56 Å². The summed E-state index contributed by atoms with van der Waals surface area (Å²) >= 11 is 0. The summed E-state index contributed by atoms with van der Waals surface area (Å²) in [5, 5.41) is 0. The number of carbonyl (C=O) groups excluding carboxylic acids is 1. The van der Waals surface area contributed by atoms with Crippen LogP contribution in [0.5, 0.6) is 5.75 Å². The van der Waals surface area contributed by atoms with Crippen LogP contribution in [0.15, 0.2) is 61.2 Å². The van der Waals surface area contributed by atoms with E-state index in [-0.39, 0.29) is 17.0 Å². The van der Waals surface area contributed by atoms with Crippen LogP contribution in [0.1, 0.15) is 79.3 Å². The molecule has 34 heavy (non-hydrogen) atoms. The molecule has 0 radical (unpaired) electrons. The molecule has 0 amide bonds. The molecule has 0 saturated heterocycles. The number of allylic oxidation sites excluding steroid dienone is 3. The largest absolute Gasteiger partial charge is 0.423 e. The molecule has 0 aliphatic heterocycles. The molecule has 4 rings (SSSR count). The maximum Gasteiger partial charge on any atom is 0.343 e. The van der Waals surface area contributed by atoms with Gasteiger partial charge in [0, 0.05) is 5.56 Å². The lowest BCUT2D eigenvalue weighted by Gasteiger charge is -2.42. The van der Waals surface area contributed by atoms with Crippen molar-refractivity contribution in [2.45, 2.75) is 64.2 Å². The van der Waals surface area contributed by atoms with Gasteiger partial charge >= 0.3 is 5.97 Å². The first-order chi connectivity index (χ1) is 16.5. The second-order valence-electron chi connectivity index (χ2n) is 9.84. The number of halogens is 2. The highest BCUT2D eigenvalue weighted by Crippen LogP contribution is 2.48. The molecule has 4 unspecified atom stereocenters. The highest BCUT2D eigenvalue weighted by atomic mass is 19.1. The zero-order valence-electron chi connectivity index (χ0n) is 19.9. The summed E-state index contributed by atoms with van der Waals surface area (Å²) in [5.74, 6) is -0.000615. The van der Waals surface area contributed by atoms with E-state index < -0.39 is 17.6 Å². The van der Waals surface area contributed by atoms with Crippen molar-refractivity contribution in [1.29, 1.82) is 0 Å². The van der Waals surface area contributed by atoms with E-state index in [1.54, 1.807) is 12.1 Å². The van der Waals surface area contributed by atoms with E-state index in [9.17, 15) is 4.79 Å². The third-order valence-electron chi connectivity index (χ3n) is 7.61. The van der Waals surface area contributed by atoms with Gasteiger partial charge in [-0.15, -0.1) is 6.58 Å². The molecule has 4 heteroatoms. The van der Waals surface area contributed by atoms with Crippen molar-refractivity contribution in [3.05, 3.63) is 89.5 Å². The molecule has 4 atom stereocenters. The number of fused-ring (bicyclic) bond motifs is 1. The minimum Gasteiger partial charge on any atom is -0.423 e. The van der Waals surface area contributed by atoms with E-state index in [0.717, 1.165) is 62.6 Å². The van der Waals surface area contributed by atoms with Crippen LogP contribution in [0, 0.1) is 29.4 Å². The Kier molecular flexibility index (Phi) is 7.97. The van der Waals surface area contributed by atoms with Gasteiger partial charge in [-0.05, 0) is 112 Å². The van der Waals surface area contributed by atoms with E-state index in [1.807, 2.05) is 18.2 Å². The molecule has 0 aromatic heterocycles. The van der Waals surface area contributed by atoms with Crippen molar-refractivity contribution in [3.63, 3.8) is 0 Å². The first-order valence-electron chi connectivity index (χ1n) is 12.5. The highest BCUT2D eigenvalue weighted by molar-refractivity contribution is 5.91. The molecule has 0 N–H and O–H groups in total. The predicted molar refractivity (Wildman–Crippen MR) is 132 cm³/mol. The minimum atomic E-state index is -0.755. The van der Waals surface area contributed by atoms with Gasteiger partial charge in [0.15, 0.2) is 0 Å². The third-order valence-corrected chi connectivity index (χ3v) is 7.61. The maximum atomic E-state index is 15.1. The minimum absolute atomic E-state index is 0.102. The lowest BCUT2D eigenvalue weighted by atomic mass is 9.63. The van der Waals surface area contributed by atoms with Crippen molar-refractivity contribution in [3.8, 4) is 5.75 Å². The Hall–Kier alpha value is -2.75. The van der Waals surface area contributed by atoms with E-state index in [4.69, 9.17) is 4.74 Å². The summed E-state index contributed by atoms with van der Waals surface area (Å²) in [4.78, 5) is 12.6. The van der Waals surface area contributed by atoms with Crippen LogP contribution in [-0.4, -0.2) is 5.97 Å².